The van der Waals surface area contributed by atoms with Crippen molar-refractivity contribution in [3.8, 4) is 0 Å². The molecule has 6 nitrogen and oxygen atoms in total. The molecule has 0 aliphatic rings. The molecule has 1 aromatic rings. The number of thiazole rings is 1. The molecule has 0 bridgehead atoms. The quantitative estimate of drug-likeness (QED) is 0.707. The molecule has 4 N–H and O–H groups in total. The molecule has 0 saturated heterocycles. The lowest BCUT2D eigenvalue weighted by atomic mass is 10.4. The van der Waals surface area contributed by atoms with Gasteiger partial charge in [-0.25, -0.2) is 4.98 Å². The van der Waals surface area contributed by atoms with E-state index in [0.717, 1.165) is 6.42 Å². The number of halogens is 2. The van der Waals surface area contributed by atoms with Crippen molar-refractivity contribution < 1.29 is 9.59 Å². The molecule has 0 aliphatic heterocycles. The van der Waals surface area contributed by atoms with E-state index in [2.05, 4.69) is 15.6 Å². The first-order chi connectivity index (χ1) is 7.63. The van der Waals surface area contributed by atoms with Crippen LogP contribution < -0.4 is 16.4 Å². The number of hydrogen-bond donors (Lipinski definition) is 3. The molecule has 0 spiro atoms. The van der Waals surface area contributed by atoms with Gasteiger partial charge in [0.1, 0.15) is 5.69 Å². The van der Waals surface area contributed by atoms with Gasteiger partial charge in [0, 0.05) is 18.8 Å². The number of anilines is 1. The van der Waals surface area contributed by atoms with Crippen molar-refractivity contribution in [1.82, 2.24) is 10.3 Å². The summed E-state index contributed by atoms with van der Waals surface area (Å²) in [6.45, 7) is 2.46. The summed E-state index contributed by atoms with van der Waals surface area (Å²) in [4.78, 5) is 26.2. The summed E-state index contributed by atoms with van der Waals surface area (Å²) in [5, 5.41) is 7.22. The van der Waals surface area contributed by atoms with E-state index in [1.165, 1.54) is 18.3 Å². The highest BCUT2D eigenvalue weighted by Crippen LogP contribution is 2.14. The molecule has 0 fully saturated rings. The van der Waals surface area contributed by atoms with Gasteiger partial charge in [0.15, 0.2) is 5.13 Å². The van der Waals surface area contributed by atoms with E-state index < -0.39 is 0 Å². The van der Waals surface area contributed by atoms with Crippen LogP contribution in [0, 0.1) is 0 Å². The molecule has 1 rings (SSSR count). The predicted octanol–water partition coefficient (Wildman–Crippen LogP) is 1.02. The Labute approximate surface area is 122 Å². The van der Waals surface area contributed by atoms with Crippen LogP contribution in [0.2, 0.25) is 0 Å². The van der Waals surface area contributed by atoms with E-state index in [1.54, 1.807) is 5.38 Å². The molecule has 0 radical (unpaired) electrons. The van der Waals surface area contributed by atoms with Crippen LogP contribution in [0.4, 0.5) is 5.13 Å². The van der Waals surface area contributed by atoms with Crippen LogP contribution in [0.1, 0.15) is 23.8 Å². The highest BCUT2D eigenvalue weighted by Gasteiger charge is 2.10. The number of aromatic nitrogens is 1. The summed E-state index contributed by atoms with van der Waals surface area (Å²) in [5.41, 5.74) is 5.61. The molecule has 9 heteroatoms. The van der Waals surface area contributed by atoms with Gasteiger partial charge in [0.05, 0.1) is 0 Å². The van der Waals surface area contributed by atoms with Gasteiger partial charge in [-0.1, -0.05) is 0 Å². The van der Waals surface area contributed by atoms with E-state index >= 15 is 0 Å². The molecule has 0 aliphatic carbocycles. The highest BCUT2D eigenvalue weighted by atomic mass is 35.5. The van der Waals surface area contributed by atoms with E-state index in [0.29, 0.717) is 23.9 Å². The summed E-state index contributed by atoms with van der Waals surface area (Å²) in [5.74, 6) is -0.453. The Morgan fingerprint density at radius 3 is 2.67 bits per heavy atom. The van der Waals surface area contributed by atoms with Crippen LogP contribution in [0.15, 0.2) is 5.38 Å². The Morgan fingerprint density at radius 2 is 2.11 bits per heavy atom. The number of carbonyl (C=O) groups is 2. The third-order valence-electron chi connectivity index (χ3n) is 1.69. The minimum atomic E-state index is -0.249. The lowest BCUT2D eigenvalue weighted by Crippen LogP contribution is -2.26. The number of rotatable bonds is 5. The molecule has 0 unspecified atom stereocenters. The average molecular weight is 315 g/mol. The van der Waals surface area contributed by atoms with E-state index in [9.17, 15) is 9.59 Å². The fraction of sp³-hybridized carbons (Fsp3) is 0.444. The van der Waals surface area contributed by atoms with E-state index in [-0.39, 0.29) is 36.6 Å². The molecule has 1 aromatic heterocycles. The van der Waals surface area contributed by atoms with Gasteiger partial charge in [-0.3, -0.25) is 9.59 Å². The summed E-state index contributed by atoms with van der Waals surface area (Å²) in [7, 11) is 0. The summed E-state index contributed by atoms with van der Waals surface area (Å²) >= 11 is 1.22. The number of nitrogens with one attached hydrogen (secondary N) is 2. The molecule has 1 heterocycles. The van der Waals surface area contributed by atoms with Gasteiger partial charge >= 0.3 is 0 Å². The lowest BCUT2D eigenvalue weighted by Gasteiger charge is -2.00. The Morgan fingerprint density at radius 1 is 1.44 bits per heavy atom. The number of carbonyl (C=O) groups excluding carboxylic acids is 2. The number of nitrogens with zero attached hydrogens (tertiary/aromatic N) is 1. The monoisotopic (exact) mass is 314 g/mol. The number of nitrogens with two attached hydrogens (primary N) is 1. The van der Waals surface area contributed by atoms with Crippen LogP contribution in [-0.4, -0.2) is 29.9 Å². The second kappa shape index (κ2) is 10.1. The largest absolute Gasteiger partial charge is 0.351 e. The molecular weight excluding hydrogens is 299 g/mol. The predicted molar refractivity (Wildman–Crippen MR) is 76.9 cm³/mol. The third kappa shape index (κ3) is 6.75. The van der Waals surface area contributed by atoms with Crippen LogP contribution >= 0.6 is 36.2 Å². The normalized spacial score (nSPS) is 8.78. The first-order valence-corrected chi connectivity index (χ1v) is 5.73. The maximum atomic E-state index is 11.5. The molecule has 0 atom stereocenters. The minimum absolute atomic E-state index is 0. The second-order valence-electron chi connectivity index (χ2n) is 3.12. The Balaban J connectivity index is 0. The SMILES string of the molecule is CC(=O)Nc1nc(C(=O)NCCCN)cs1.Cl.Cl. The smallest absolute Gasteiger partial charge is 0.270 e. The van der Waals surface area contributed by atoms with Gasteiger partial charge in [-0.15, -0.1) is 36.2 Å². The fourth-order valence-electron chi connectivity index (χ4n) is 0.981. The average Bonchev–Trinajstić information content (AvgIpc) is 2.65. The Bertz CT molecular complexity index is 386. The number of hydrogen-bond acceptors (Lipinski definition) is 5. The molecular formula is C9H16Cl2N4O2S. The first-order valence-electron chi connectivity index (χ1n) is 4.85. The van der Waals surface area contributed by atoms with Crippen LogP contribution in [0.5, 0.6) is 0 Å². The maximum Gasteiger partial charge on any atom is 0.270 e. The molecule has 104 valence electrons. The van der Waals surface area contributed by atoms with Gasteiger partial charge in [0.25, 0.3) is 5.91 Å². The molecule has 0 saturated carbocycles. The van der Waals surface area contributed by atoms with Crippen molar-refractivity contribution in [1.29, 1.82) is 0 Å². The van der Waals surface area contributed by atoms with Crippen LogP contribution in [-0.2, 0) is 4.79 Å². The third-order valence-corrected chi connectivity index (χ3v) is 2.44. The Hall–Kier alpha value is -0.890. The molecule has 0 aromatic carbocycles. The van der Waals surface area contributed by atoms with Crippen molar-refractivity contribution in [3.05, 3.63) is 11.1 Å². The Kier molecular flexibility index (Phi) is 10.9. The summed E-state index contributed by atoms with van der Waals surface area (Å²) < 4.78 is 0. The fourth-order valence-corrected chi connectivity index (χ4v) is 1.72. The van der Waals surface area contributed by atoms with Gasteiger partial charge in [0.2, 0.25) is 5.91 Å². The zero-order valence-corrected chi connectivity index (χ0v) is 12.2. The standard InChI is InChI=1S/C9H14N4O2S.2ClH/c1-6(14)12-9-13-7(5-16-9)8(15)11-4-2-3-10;;/h5H,2-4,10H2,1H3,(H,11,15)(H,12,13,14);2*1H. The van der Waals surface area contributed by atoms with Crippen molar-refractivity contribution in [2.24, 2.45) is 5.73 Å². The summed E-state index contributed by atoms with van der Waals surface area (Å²) in [6.07, 6.45) is 0.731. The second-order valence-corrected chi connectivity index (χ2v) is 3.98. The van der Waals surface area contributed by atoms with Crippen molar-refractivity contribution in [2.75, 3.05) is 18.4 Å². The minimum Gasteiger partial charge on any atom is -0.351 e. The summed E-state index contributed by atoms with van der Waals surface area (Å²) in [6, 6.07) is 0. The van der Waals surface area contributed by atoms with Gasteiger partial charge in [-0.2, -0.15) is 0 Å². The van der Waals surface area contributed by atoms with Crippen molar-refractivity contribution in [2.45, 2.75) is 13.3 Å². The number of amides is 2. The van der Waals surface area contributed by atoms with Crippen molar-refractivity contribution >= 4 is 53.1 Å². The highest BCUT2D eigenvalue weighted by molar-refractivity contribution is 7.14. The topological polar surface area (TPSA) is 97.1 Å². The van der Waals surface area contributed by atoms with Crippen LogP contribution in [0.25, 0.3) is 0 Å². The van der Waals surface area contributed by atoms with Gasteiger partial charge < -0.3 is 16.4 Å². The van der Waals surface area contributed by atoms with Crippen LogP contribution in [0.3, 0.4) is 0 Å². The zero-order chi connectivity index (χ0) is 12.0. The van der Waals surface area contributed by atoms with E-state index in [4.69, 9.17) is 5.73 Å². The van der Waals surface area contributed by atoms with Crippen molar-refractivity contribution in [3.63, 3.8) is 0 Å². The zero-order valence-electron chi connectivity index (χ0n) is 9.76. The molecule has 18 heavy (non-hydrogen) atoms. The lowest BCUT2D eigenvalue weighted by molar-refractivity contribution is -0.114. The van der Waals surface area contributed by atoms with E-state index in [1.807, 2.05) is 0 Å². The maximum absolute atomic E-state index is 11.5. The van der Waals surface area contributed by atoms with Gasteiger partial charge in [-0.05, 0) is 13.0 Å². The first kappa shape index (κ1) is 19.4. The molecule has 2 amide bonds.